The largest absolute Gasteiger partial charge is 0.481 e. The number of nitrogens with zero attached hydrogens (tertiary/aromatic N) is 1. The zero-order valence-corrected chi connectivity index (χ0v) is 13.1. The van der Waals surface area contributed by atoms with Gasteiger partial charge in [0.05, 0.1) is 5.41 Å². The SMILES string of the molecule is CCC1(C(=O)O)CCCN(C(=O)CC(N)C(C)(C)C)C1. The molecule has 0 radical (unpaired) electrons. The standard InChI is InChI=1S/C15H28N2O3/c1-5-15(13(19)20)7-6-8-17(10-15)12(18)9-11(16)14(2,3)4/h11H,5-10,16H2,1-4H3,(H,19,20). The number of carboxylic acid groups (broad SMARTS) is 1. The van der Waals surface area contributed by atoms with E-state index in [1.165, 1.54) is 0 Å². The predicted octanol–water partition coefficient (Wildman–Crippen LogP) is 1.85. The van der Waals surface area contributed by atoms with Crippen LogP contribution in [-0.4, -0.2) is 41.0 Å². The van der Waals surface area contributed by atoms with Gasteiger partial charge in [0.1, 0.15) is 0 Å². The molecule has 0 aliphatic carbocycles. The summed E-state index contributed by atoms with van der Waals surface area (Å²) in [5.74, 6) is -0.816. The first-order valence-corrected chi connectivity index (χ1v) is 7.39. The Morgan fingerprint density at radius 3 is 2.45 bits per heavy atom. The van der Waals surface area contributed by atoms with Crippen molar-refractivity contribution < 1.29 is 14.7 Å². The minimum Gasteiger partial charge on any atom is -0.481 e. The Balaban J connectivity index is 2.72. The van der Waals surface area contributed by atoms with Crippen LogP contribution in [0.1, 0.15) is 53.4 Å². The summed E-state index contributed by atoms with van der Waals surface area (Å²) in [6.45, 7) is 8.86. The smallest absolute Gasteiger partial charge is 0.311 e. The Morgan fingerprint density at radius 2 is 2.00 bits per heavy atom. The van der Waals surface area contributed by atoms with E-state index in [1.54, 1.807) is 4.90 Å². The van der Waals surface area contributed by atoms with E-state index >= 15 is 0 Å². The molecule has 0 aromatic rings. The molecule has 5 heteroatoms. The topological polar surface area (TPSA) is 83.6 Å². The maximum atomic E-state index is 12.3. The molecular weight excluding hydrogens is 256 g/mol. The Kier molecular flexibility index (Phi) is 5.19. The summed E-state index contributed by atoms with van der Waals surface area (Å²) in [6.07, 6.45) is 2.23. The Hall–Kier alpha value is -1.10. The molecular formula is C15H28N2O3. The molecule has 1 amide bonds. The van der Waals surface area contributed by atoms with Crippen molar-refractivity contribution in [2.24, 2.45) is 16.6 Å². The molecule has 1 saturated heterocycles. The highest BCUT2D eigenvalue weighted by Crippen LogP contribution is 2.34. The fraction of sp³-hybridized carbons (Fsp3) is 0.867. The van der Waals surface area contributed by atoms with Gasteiger partial charge in [-0.15, -0.1) is 0 Å². The van der Waals surface area contributed by atoms with Crippen molar-refractivity contribution in [3.8, 4) is 0 Å². The van der Waals surface area contributed by atoms with E-state index in [1.807, 2.05) is 27.7 Å². The van der Waals surface area contributed by atoms with Crippen LogP contribution in [-0.2, 0) is 9.59 Å². The maximum Gasteiger partial charge on any atom is 0.311 e. The van der Waals surface area contributed by atoms with Crippen molar-refractivity contribution in [3.05, 3.63) is 0 Å². The number of nitrogens with two attached hydrogens (primary N) is 1. The van der Waals surface area contributed by atoms with Gasteiger partial charge in [-0.3, -0.25) is 9.59 Å². The molecule has 1 heterocycles. The summed E-state index contributed by atoms with van der Waals surface area (Å²) in [4.78, 5) is 25.5. The number of hydrogen-bond acceptors (Lipinski definition) is 3. The summed E-state index contributed by atoms with van der Waals surface area (Å²) in [6, 6.07) is -0.210. The number of carboxylic acids is 1. The number of amides is 1. The second kappa shape index (κ2) is 6.12. The lowest BCUT2D eigenvalue weighted by Crippen LogP contribution is -2.51. The number of rotatable bonds is 4. The van der Waals surface area contributed by atoms with Crippen LogP contribution >= 0.6 is 0 Å². The van der Waals surface area contributed by atoms with E-state index in [2.05, 4.69) is 0 Å². The molecule has 0 spiro atoms. The molecule has 0 aromatic heterocycles. The molecule has 1 aliphatic rings. The van der Waals surface area contributed by atoms with Gasteiger partial charge >= 0.3 is 5.97 Å². The first-order chi connectivity index (χ1) is 9.12. The quantitative estimate of drug-likeness (QED) is 0.825. The lowest BCUT2D eigenvalue weighted by atomic mass is 9.77. The minimum absolute atomic E-state index is 0.0220. The molecule has 2 atom stereocenters. The molecule has 116 valence electrons. The summed E-state index contributed by atoms with van der Waals surface area (Å²) in [7, 11) is 0. The van der Waals surface area contributed by atoms with Crippen molar-refractivity contribution in [2.45, 2.75) is 59.4 Å². The Labute approximate surface area is 121 Å². The Bertz CT molecular complexity index is 376. The van der Waals surface area contributed by atoms with E-state index in [9.17, 15) is 14.7 Å². The third kappa shape index (κ3) is 3.72. The van der Waals surface area contributed by atoms with E-state index in [-0.39, 0.29) is 23.8 Å². The van der Waals surface area contributed by atoms with Gasteiger partial charge in [0.25, 0.3) is 0 Å². The van der Waals surface area contributed by atoms with Crippen LogP contribution in [0.2, 0.25) is 0 Å². The fourth-order valence-electron chi connectivity index (χ4n) is 2.58. The molecule has 1 aliphatic heterocycles. The highest BCUT2D eigenvalue weighted by Gasteiger charge is 2.42. The zero-order chi connectivity index (χ0) is 15.6. The van der Waals surface area contributed by atoms with Crippen LogP contribution < -0.4 is 5.73 Å². The van der Waals surface area contributed by atoms with E-state index in [0.717, 1.165) is 6.42 Å². The van der Waals surface area contributed by atoms with Crippen molar-refractivity contribution in [2.75, 3.05) is 13.1 Å². The van der Waals surface area contributed by atoms with Gasteiger partial charge in [0, 0.05) is 25.6 Å². The van der Waals surface area contributed by atoms with Gasteiger partial charge in [0.15, 0.2) is 0 Å². The van der Waals surface area contributed by atoms with Crippen LogP contribution in [0.4, 0.5) is 0 Å². The maximum absolute atomic E-state index is 12.3. The second-order valence-electron chi connectivity index (χ2n) is 7.03. The second-order valence-corrected chi connectivity index (χ2v) is 7.03. The summed E-state index contributed by atoms with van der Waals surface area (Å²) in [5.41, 5.74) is 5.15. The molecule has 3 N–H and O–H groups in total. The normalized spacial score (nSPS) is 25.4. The summed E-state index contributed by atoms with van der Waals surface area (Å²) >= 11 is 0. The first kappa shape index (κ1) is 17.0. The molecule has 0 bridgehead atoms. The molecule has 1 fully saturated rings. The highest BCUT2D eigenvalue weighted by molar-refractivity contribution is 5.80. The van der Waals surface area contributed by atoms with Crippen molar-refractivity contribution >= 4 is 11.9 Å². The zero-order valence-electron chi connectivity index (χ0n) is 13.1. The molecule has 0 aromatic carbocycles. The average molecular weight is 284 g/mol. The van der Waals surface area contributed by atoms with E-state index in [0.29, 0.717) is 25.9 Å². The van der Waals surface area contributed by atoms with Crippen LogP contribution in [0, 0.1) is 10.8 Å². The average Bonchev–Trinajstić information content (AvgIpc) is 2.37. The van der Waals surface area contributed by atoms with Gasteiger partial charge in [0.2, 0.25) is 5.91 Å². The van der Waals surface area contributed by atoms with Crippen LogP contribution in [0.3, 0.4) is 0 Å². The number of carbonyl (C=O) groups is 2. The number of aliphatic carboxylic acids is 1. The lowest BCUT2D eigenvalue weighted by Gasteiger charge is -2.40. The van der Waals surface area contributed by atoms with Gasteiger partial charge in [-0.1, -0.05) is 27.7 Å². The molecule has 1 rings (SSSR count). The predicted molar refractivity (Wildman–Crippen MR) is 78.2 cm³/mol. The number of piperidine rings is 1. The summed E-state index contributed by atoms with van der Waals surface area (Å²) in [5, 5.41) is 9.44. The molecule has 2 unspecified atom stereocenters. The number of carbonyl (C=O) groups excluding carboxylic acids is 1. The van der Waals surface area contributed by atoms with Crippen molar-refractivity contribution in [3.63, 3.8) is 0 Å². The third-order valence-electron chi connectivity index (χ3n) is 4.57. The van der Waals surface area contributed by atoms with E-state index < -0.39 is 11.4 Å². The Morgan fingerprint density at radius 1 is 1.40 bits per heavy atom. The van der Waals surface area contributed by atoms with Crippen molar-refractivity contribution in [1.29, 1.82) is 0 Å². The summed E-state index contributed by atoms with van der Waals surface area (Å²) < 4.78 is 0. The third-order valence-corrected chi connectivity index (χ3v) is 4.57. The van der Waals surface area contributed by atoms with Crippen LogP contribution in [0.15, 0.2) is 0 Å². The molecule has 20 heavy (non-hydrogen) atoms. The van der Waals surface area contributed by atoms with Gasteiger partial charge in [-0.2, -0.15) is 0 Å². The number of likely N-dealkylation sites (tertiary alicyclic amines) is 1. The first-order valence-electron chi connectivity index (χ1n) is 7.39. The van der Waals surface area contributed by atoms with Crippen LogP contribution in [0.25, 0.3) is 0 Å². The van der Waals surface area contributed by atoms with Gasteiger partial charge < -0.3 is 15.7 Å². The monoisotopic (exact) mass is 284 g/mol. The fourth-order valence-corrected chi connectivity index (χ4v) is 2.58. The lowest BCUT2D eigenvalue weighted by molar-refractivity contribution is -0.155. The minimum atomic E-state index is -0.794. The number of hydrogen-bond donors (Lipinski definition) is 2. The van der Waals surface area contributed by atoms with Crippen molar-refractivity contribution in [1.82, 2.24) is 4.90 Å². The highest BCUT2D eigenvalue weighted by atomic mass is 16.4. The van der Waals surface area contributed by atoms with Gasteiger partial charge in [-0.05, 0) is 24.7 Å². The van der Waals surface area contributed by atoms with Gasteiger partial charge in [-0.25, -0.2) is 0 Å². The van der Waals surface area contributed by atoms with Crippen LogP contribution in [0.5, 0.6) is 0 Å². The molecule has 0 saturated carbocycles. The van der Waals surface area contributed by atoms with E-state index in [4.69, 9.17) is 5.73 Å². The molecule has 5 nitrogen and oxygen atoms in total.